The molecule has 1 fully saturated rings. The quantitative estimate of drug-likeness (QED) is 0.826. The van der Waals surface area contributed by atoms with Crippen molar-refractivity contribution in [2.45, 2.75) is 31.7 Å². The maximum atomic E-state index is 14.4. The van der Waals surface area contributed by atoms with E-state index in [2.05, 4.69) is 4.72 Å². The number of para-hydroxylation sites is 1. The van der Waals surface area contributed by atoms with Crippen molar-refractivity contribution >= 4 is 21.6 Å². The number of hydrogen-bond donors (Lipinski definition) is 1. The Hall–Kier alpha value is -2.32. The second-order valence-corrected chi connectivity index (χ2v) is 9.53. The van der Waals surface area contributed by atoms with Crippen LogP contribution in [0.1, 0.15) is 24.8 Å². The molecule has 1 aliphatic heterocycles. The van der Waals surface area contributed by atoms with E-state index < -0.39 is 21.7 Å². The molecule has 154 valence electrons. The molecule has 1 aliphatic carbocycles. The van der Waals surface area contributed by atoms with Crippen LogP contribution >= 0.6 is 0 Å². The van der Waals surface area contributed by atoms with E-state index in [1.54, 1.807) is 17.0 Å². The van der Waals surface area contributed by atoms with Crippen LogP contribution in [0.4, 0.5) is 14.5 Å². The molecule has 8 heteroatoms. The van der Waals surface area contributed by atoms with E-state index in [1.807, 2.05) is 6.07 Å². The van der Waals surface area contributed by atoms with Crippen molar-refractivity contribution in [3.8, 4) is 11.1 Å². The highest BCUT2D eigenvalue weighted by Gasteiger charge is 2.37. The summed E-state index contributed by atoms with van der Waals surface area (Å²) in [7, 11) is -3.33. The number of benzene rings is 2. The largest absolute Gasteiger partial charge is 0.311 e. The van der Waals surface area contributed by atoms with Crippen molar-refractivity contribution in [1.29, 1.82) is 0 Å². The van der Waals surface area contributed by atoms with Crippen molar-refractivity contribution in [3.63, 3.8) is 0 Å². The lowest BCUT2D eigenvalue weighted by atomic mass is 9.98. The highest BCUT2D eigenvalue weighted by molar-refractivity contribution is 7.88. The van der Waals surface area contributed by atoms with Gasteiger partial charge in [0.25, 0.3) is 0 Å². The predicted octanol–water partition coefficient (Wildman–Crippen LogP) is 3.24. The Labute approximate surface area is 168 Å². The highest BCUT2D eigenvalue weighted by Crippen LogP contribution is 2.42. The van der Waals surface area contributed by atoms with E-state index in [9.17, 15) is 22.0 Å². The van der Waals surface area contributed by atoms with Gasteiger partial charge >= 0.3 is 0 Å². The summed E-state index contributed by atoms with van der Waals surface area (Å²) in [5.41, 5.74) is 1.67. The number of amides is 1. The van der Waals surface area contributed by atoms with E-state index >= 15 is 0 Å². The zero-order chi connectivity index (χ0) is 20.8. The third-order valence-corrected chi connectivity index (χ3v) is 6.42. The van der Waals surface area contributed by atoms with E-state index in [1.165, 1.54) is 18.2 Å². The van der Waals surface area contributed by atoms with E-state index in [-0.39, 0.29) is 23.4 Å². The van der Waals surface area contributed by atoms with Gasteiger partial charge in [0, 0.05) is 24.1 Å². The van der Waals surface area contributed by atoms with Crippen molar-refractivity contribution in [3.05, 3.63) is 53.6 Å². The molecule has 2 atom stereocenters. The smallest absolute Gasteiger partial charge is 0.230 e. The molecule has 1 N–H and O–H groups in total. The monoisotopic (exact) mass is 420 g/mol. The lowest BCUT2D eigenvalue weighted by Crippen LogP contribution is -2.36. The zero-order valence-electron chi connectivity index (χ0n) is 16.0. The van der Waals surface area contributed by atoms with Crippen LogP contribution in [-0.2, 0) is 21.2 Å². The van der Waals surface area contributed by atoms with Crippen molar-refractivity contribution in [2.75, 3.05) is 17.7 Å². The lowest BCUT2D eigenvalue weighted by molar-refractivity contribution is -0.122. The molecule has 29 heavy (non-hydrogen) atoms. The molecular weight excluding hydrogens is 398 g/mol. The van der Waals surface area contributed by atoms with Gasteiger partial charge in [-0.2, -0.15) is 0 Å². The molecule has 4 rings (SSSR count). The van der Waals surface area contributed by atoms with Gasteiger partial charge in [0.15, 0.2) is 0 Å². The molecule has 0 bridgehead atoms. The minimum absolute atomic E-state index is 0.120. The first-order chi connectivity index (χ1) is 13.7. The first-order valence-corrected chi connectivity index (χ1v) is 11.5. The molecule has 1 heterocycles. The summed E-state index contributed by atoms with van der Waals surface area (Å²) in [6.45, 7) is 0.446. The Morgan fingerprint density at radius 1 is 1.10 bits per heavy atom. The fraction of sp³-hybridized carbons (Fsp3) is 0.381. The summed E-state index contributed by atoms with van der Waals surface area (Å²) in [6.07, 6.45) is 3.31. The van der Waals surface area contributed by atoms with Crippen LogP contribution in [0.3, 0.4) is 0 Å². The van der Waals surface area contributed by atoms with Gasteiger partial charge < -0.3 is 4.90 Å². The highest BCUT2D eigenvalue weighted by atomic mass is 32.2. The minimum atomic E-state index is -3.33. The summed E-state index contributed by atoms with van der Waals surface area (Å²) >= 11 is 0. The van der Waals surface area contributed by atoms with Crippen LogP contribution in [-0.4, -0.2) is 33.2 Å². The van der Waals surface area contributed by atoms with Crippen LogP contribution in [0, 0.1) is 17.6 Å². The van der Waals surface area contributed by atoms with Crippen LogP contribution < -0.4 is 9.62 Å². The van der Waals surface area contributed by atoms with E-state index in [0.29, 0.717) is 43.5 Å². The first kappa shape index (κ1) is 20.0. The Kier molecular flexibility index (Phi) is 5.16. The van der Waals surface area contributed by atoms with Crippen LogP contribution in [0.25, 0.3) is 11.1 Å². The van der Waals surface area contributed by atoms with Crippen molar-refractivity contribution in [1.82, 2.24) is 4.72 Å². The Morgan fingerprint density at radius 3 is 2.48 bits per heavy atom. The summed E-state index contributed by atoms with van der Waals surface area (Å²) in [6, 6.07) is 8.71. The lowest BCUT2D eigenvalue weighted by Gasteiger charge is -2.24. The second-order valence-electron chi connectivity index (χ2n) is 7.75. The number of hydrogen-bond acceptors (Lipinski definition) is 3. The van der Waals surface area contributed by atoms with Gasteiger partial charge in [-0.1, -0.05) is 24.3 Å². The molecule has 0 radical (unpaired) electrons. The van der Waals surface area contributed by atoms with Crippen molar-refractivity contribution < 1.29 is 22.0 Å². The fourth-order valence-corrected chi connectivity index (χ4v) is 5.29. The maximum Gasteiger partial charge on any atom is 0.230 e. The van der Waals surface area contributed by atoms with Gasteiger partial charge in [0.05, 0.1) is 17.5 Å². The molecule has 0 saturated heterocycles. The third kappa shape index (κ3) is 3.91. The van der Waals surface area contributed by atoms with E-state index in [0.717, 1.165) is 11.8 Å². The van der Waals surface area contributed by atoms with Gasteiger partial charge in [-0.3, -0.25) is 4.79 Å². The summed E-state index contributed by atoms with van der Waals surface area (Å²) in [4.78, 5) is 14.9. The number of rotatable bonds is 4. The number of halogens is 2. The fourth-order valence-electron chi connectivity index (χ4n) is 4.47. The molecule has 5 nitrogen and oxygen atoms in total. The topological polar surface area (TPSA) is 66.5 Å². The molecular formula is C21H22F2N2O3S. The van der Waals surface area contributed by atoms with Gasteiger partial charge in [0.2, 0.25) is 15.9 Å². The number of sulfonamides is 1. The molecule has 1 saturated carbocycles. The molecule has 0 aromatic heterocycles. The number of anilines is 1. The average Bonchev–Trinajstić information content (AvgIpc) is 3.27. The normalized spacial score (nSPS) is 21.4. The molecule has 2 aliphatic rings. The SMILES string of the molecule is CS(=O)(=O)NC1CCC(C(=O)N2CCc3cccc(-c4c(F)cccc4F)c32)C1. The molecule has 2 unspecified atom stereocenters. The van der Waals surface area contributed by atoms with Crippen LogP contribution in [0.2, 0.25) is 0 Å². The Bertz CT molecular complexity index is 1050. The number of nitrogens with zero attached hydrogens (tertiary/aromatic N) is 1. The summed E-state index contributed by atoms with van der Waals surface area (Å²) in [5.74, 6) is -1.78. The van der Waals surface area contributed by atoms with Gasteiger partial charge in [-0.25, -0.2) is 21.9 Å². The number of carbonyl (C=O) groups is 1. The van der Waals surface area contributed by atoms with Gasteiger partial charge in [0.1, 0.15) is 11.6 Å². The number of carbonyl (C=O) groups excluding carboxylic acids is 1. The minimum Gasteiger partial charge on any atom is -0.311 e. The first-order valence-electron chi connectivity index (χ1n) is 9.59. The second kappa shape index (κ2) is 7.50. The van der Waals surface area contributed by atoms with E-state index in [4.69, 9.17) is 0 Å². The van der Waals surface area contributed by atoms with Crippen LogP contribution in [0.15, 0.2) is 36.4 Å². The Balaban J connectivity index is 1.65. The number of nitrogens with one attached hydrogen (secondary N) is 1. The standard InChI is InChI=1S/C21H22F2N2O3S/c1-29(27,28)24-15-9-8-14(12-15)21(26)25-11-10-13-4-2-5-16(20(13)25)19-17(22)6-3-7-18(19)23/h2-7,14-15,24H,8-12H2,1H3. The van der Waals surface area contributed by atoms with Gasteiger partial charge in [-0.15, -0.1) is 0 Å². The summed E-state index contributed by atoms with van der Waals surface area (Å²) in [5, 5.41) is 0. The number of fused-ring (bicyclic) bond motifs is 1. The van der Waals surface area contributed by atoms with Gasteiger partial charge in [-0.05, 0) is 43.4 Å². The molecule has 0 spiro atoms. The van der Waals surface area contributed by atoms with Crippen molar-refractivity contribution in [2.24, 2.45) is 5.92 Å². The molecule has 2 aromatic carbocycles. The summed E-state index contributed by atoms with van der Waals surface area (Å²) < 4.78 is 54.4. The third-order valence-electron chi connectivity index (χ3n) is 5.65. The average molecular weight is 420 g/mol. The zero-order valence-corrected chi connectivity index (χ0v) is 16.8. The predicted molar refractivity (Wildman–Crippen MR) is 107 cm³/mol. The Morgan fingerprint density at radius 2 is 1.79 bits per heavy atom. The maximum absolute atomic E-state index is 14.4. The van der Waals surface area contributed by atoms with Crippen LogP contribution in [0.5, 0.6) is 0 Å². The molecule has 1 amide bonds. The molecule has 2 aromatic rings.